The van der Waals surface area contributed by atoms with E-state index in [2.05, 4.69) is 20.3 Å². The number of amides is 1. The molecule has 0 aliphatic carbocycles. The van der Waals surface area contributed by atoms with Gasteiger partial charge in [0.05, 0.1) is 22.8 Å². The first kappa shape index (κ1) is 12.7. The van der Waals surface area contributed by atoms with Crippen LogP contribution in [0.4, 0.5) is 0 Å². The summed E-state index contributed by atoms with van der Waals surface area (Å²) in [4.78, 5) is 23.4. The van der Waals surface area contributed by atoms with Gasteiger partial charge in [-0.1, -0.05) is 23.2 Å². The van der Waals surface area contributed by atoms with Gasteiger partial charge >= 0.3 is 0 Å². The highest BCUT2D eigenvalue weighted by Gasteiger charge is 2.11. The standard InChI is InChI=1S/C11H8Cl2N4O/c12-9-5-15-10(13)3-8(9)11(18)16-4-7-1-2-14-6-17-7/h1-3,5-6H,4H2,(H,16,18). The Morgan fingerprint density at radius 1 is 1.33 bits per heavy atom. The summed E-state index contributed by atoms with van der Waals surface area (Å²) in [7, 11) is 0. The molecular weight excluding hydrogens is 275 g/mol. The van der Waals surface area contributed by atoms with Gasteiger partial charge in [0.15, 0.2) is 0 Å². The third-order valence-corrected chi connectivity index (χ3v) is 2.65. The van der Waals surface area contributed by atoms with Crippen molar-refractivity contribution in [3.05, 3.63) is 52.3 Å². The van der Waals surface area contributed by atoms with E-state index in [9.17, 15) is 4.79 Å². The number of aromatic nitrogens is 3. The summed E-state index contributed by atoms with van der Waals surface area (Å²) < 4.78 is 0. The van der Waals surface area contributed by atoms with Crippen LogP contribution < -0.4 is 5.32 Å². The maximum Gasteiger partial charge on any atom is 0.253 e. The predicted octanol–water partition coefficient (Wildman–Crippen LogP) is 2.11. The SMILES string of the molecule is O=C(NCc1ccncn1)c1cc(Cl)ncc1Cl. The highest BCUT2D eigenvalue weighted by Crippen LogP contribution is 2.17. The van der Waals surface area contributed by atoms with Crippen LogP contribution >= 0.6 is 23.2 Å². The second-order valence-electron chi connectivity index (χ2n) is 3.37. The van der Waals surface area contributed by atoms with E-state index in [1.165, 1.54) is 18.6 Å². The van der Waals surface area contributed by atoms with E-state index in [0.29, 0.717) is 5.69 Å². The smallest absolute Gasteiger partial charge is 0.253 e. The van der Waals surface area contributed by atoms with Gasteiger partial charge in [-0.25, -0.2) is 15.0 Å². The molecule has 1 amide bonds. The van der Waals surface area contributed by atoms with Gasteiger partial charge in [0, 0.05) is 12.4 Å². The van der Waals surface area contributed by atoms with Crippen molar-refractivity contribution in [2.24, 2.45) is 0 Å². The minimum Gasteiger partial charge on any atom is -0.346 e. The summed E-state index contributed by atoms with van der Waals surface area (Å²) in [6.45, 7) is 0.289. The first-order chi connectivity index (χ1) is 8.66. The molecule has 2 aromatic heterocycles. The Morgan fingerprint density at radius 2 is 2.17 bits per heavy atom. The number of nitrogens with one attached hydrogen (secondary N) is 1. The van der Waals surface area contributed by atoms with Crippen LogP contribution in [0.2, 0.25) is 10.2 Å². The zero-order valence-corrected chi connectivity index (χ0v) is 10.6. The molecule has 0 atom stereocenters. The minimum atomic E-state index is -0.331. The van der Waals surface area contributed by atoms with Crippen LogP contribution in [-0.2, 0) is 6.54 Å². The van der Waals surface area contributed by atoms with Gasteiger partial charge < -0.3 is 5.32 Å². The number of carbonyl (C=O) groups excluding carboxylic acids is 1. The molecule has 0 bridgehead atoms. The number of pyridine rings is 1. The van der Waals surface area contributed by atoms with E-state index in [4.69, 9.17) is 23.2 Å². The zero-order valence-electron chi connectivity index (χ0n) is 9.10. The fraction of sp³-hybridized carbons (Fsp3) is 0.0909. The van der Waals surface area contributed by atoms with Gasteiger partial charge in [-0.2, -0.15) is 0 Å². The van der Waals surface area contributed by atoms with Gasteiger partial charge in [0.2, 0.25) is 0 Å². The highest BCUT2D eigenvalue weighted by molar-refractivity contribution is 6.35. The molecule has 0 unspecified atom stereocenters. The fourth-order valence-corrected chi connectivity index (χ4v) is 1.62. The Labute approximate surface area is 113 Å². The number of hydrogen-bond donors (Lipinski definition) is 1. The summed E-state index contributed by atoms with van der Waals surface area (Å²) in [5.41, 5.74) is 0.986. The first-order valence-electron chi connectivity index (χ1n) is 5.01. The molecule has 0 aliphatic heterocycles. The summed E-state index contributed by atoms with van der Waals surface area (Å²) >= 11 is 11.6. The predicted molar refractivity (Wildman–Crippen MR) is 67.5 cm³/mol. The molecule has 2 heterocycles. The molecule has 0 radical (unpaired) electrons. The Morgan fingerprint density at radius 3 is 2.89 bits per heavy atom. The van der Waals surface area contributed by atoms with Crippen LogP contribution in [0.1, 0.15) is 16.1 Å². The van der Waals surface area contributed by atoms with Crippen LogP contribution in [0.25, 0.3) is 0 Å². The summed E-state index contributed by atoms with van der Waals surface area (Å²) in [6, 6.07) is 3.13. The molecular formula is C11H8Cl2N4O. The van der Waals surface area contributed by atoms with Crippen molar-refractivity contribution in [3.8, 4) is 0 Å². The second kappa shape index (κ2) is 5.75. The van der Waals surface area contributed by atoms with Crippen LogP contribution in [0.3, 0.4) is 0 Å². The summed E-state index contributed by atoms with van der Waals surface area (Å²) in [6.07, 6.45) is 4.35. The monoisotopic (exact) mass is 282 g/mol. The lowest BCUT2D eigenvalue weighted by molar-refractivity contribution is 0.0950. The molecule has 0 aliphatic rings. The molecule has 2 aromatic rings. The van der Waals surface area contributed by atoms with Gasteiger partial charge in [-0.3, -0.25) is 4.79 Å². The maximum atomic E-state index is 11.9. The number of hydrogen-bond acceptors (Lipinski definition) is 4. The lowest BCUT2D eigenvalue weighted by Crippen LogP contribution is -2.23. The van der Waals surface area contributed by atoms with Crippen molar-refractivity contribution in [1.29, 1.82) is 0 Å². The lowest BCUT2D eigenvalue weighted by atomic mass is 10.2. The third kappa shape index (κ3) is 3.15. The molecule has 1 N–H and O–H groups in total. The largest absolute Gasteiger partial charge is 0.346 e. The summed E-state index contributed by atoms with van der Waals surface area (Å²) in [5.74, 6) is -0.331. The van der Waals surface area contributed by atoms with E-state index in [1.54, 1.807) is 12.3 Å². The van der Waals surface area contributed by atoms with Gasteiger partial charge in [0.25, 0.3) is 5.91 Å². The van der Waals surface area contributed by atoms with E-state index in [-0.39, 0.29) is 28.2 Å². The average molecular weight is 283 g/mol. The van der Waals surface area contributed by atoms with Crippen LogP contribution in [0, 0.1) is 0 Å². The average Bonchev–Trinajstić information content (AvgIpc) is 2.40. The fourth-order valence-electron chi connectivity index (χ4n) is 1.28. The first-order valence-corrected chi connectivity index (χ1v) is 5.76. The van der Waals surface area contributed by atoms with E-state index < -0.39 is 0 Å². The Bertz CT molecular complexity index is 562. The maximum absolute atomic E-state index is 11.9. The molecule has 7 heteroatoms. The summed E-state index contributed by atoms with van der Waals surface area (Å²) in [5, 5.41) is 3.15. The van der Waals surface area contributed by atoms with Crippen LogP contribution in [0.5, 0.6) is 0 Å². The van der Waals surface area contributed by atoms with Gasteiger partial charge in [-0.05, 0) is 12.1 Å². The minimum absolute atomic E-state index is 0.214. The zero-order chi connectivity index (χ0) is 13.0. The van der Waals surface area contributed by atoms with Crippen molar-refractivity contribution in [1.82, 2.24) is 20.3 Å². The molecule has 0 spiro atoms. The second-order valence-corrected chi connectivity index (χ2v) is 4.16. The van der Waals surface area contributed by atoms with Crippen molar-refractivity contribution < 1.29 is 4.79 Å². The van der Waals surface area contributed by atoms with Crippen LogP contribution in [-0.4, -0.2) is 20.9 Å². The van der Waals surface area contributed by atoms with Crippen molar-refractivity contribution in [2.75, 3.05) is 0 Å². The van der Waals surface area contributed by atoms with Crippen LogP contribution in [0.15, 0.2) is 30.9 Å². The Hall–Kier alpha value is -1.72. The topological polar surface area (TPSA) is 67.8 Å². The number of rotatable bonds is 3. The number of halogens is 2. The lowest BCUT2D eigenvalue weighted by Gasteiger charge is -2.06. The number of carbonyl (C=O) groups is 1. The molecule has 5 nitrogen and oxygen atoms in total. The molecule has 92 valence electrons. The third-order valence-electron chi connectivity index (χ3n) is 2.14. The van der Waals surface area contributed by atoms with E-state index in [1.807, 2.05) is 0 Å². The molecule has 0 saturated carbocycles. The molecule has 18 heavy (non-hydrogen) atoms. The molecule has 0 aromatic carbocycles. The normalized spacial score (nSPS) is 10.1. The van der Waals surface area contributed by atoms with Crippen molar-refractivity contribution in [2.45, 2.75) is 6.54 Å². The number of nitrogens with zero attached hydrogens (tertiary/aromatic N) is 3. The van der Waals surface area contributed by atoms with Crippen molar-refractivity contribution in [3.63, 3.8) is 0 Å². The van der Waals surface area contributed by atoms with Crippen molar-refractivity contribution >= 4 is 29.1 Å². The molecule has 0 fully saturated rings. The molecule has 0 saturated heterocycles. The van der Waals surface area contributed by atoms with Gasteiger partial charge in [0.1, 0.15) is 11.5 Å². The molecule has 2 rings (SSSR count). The quantitative estimate of drug-likeness (QED) is 0.876. The van der Waals surface area contributed by atoms with E-state index in [0.717, 1.165) is 0 Å². The van der Waals surface area contributed by atoms with Gasteiger partial charge in [-0.15, -0.1) is 0 Å². The Kier molecular flexibility index (Phi) is 4.07. The highest BCUT2D eigenvalue weighted by atomic mass is 35.5. The van der Waals surface area contributed by atoms with E-state index >= 15 is 0 Å². The Balaban J connectivity index is 2.06.